The molecule has 4 nitrogen and oxygen atoms in total. The van der Waals surface area contributed by atoms with Gasteiger partial charge in [-0.2, -0.15) is 0 Å². The van der Waals surface area contributed by atoms with Gasteiger partial charge in [0.2, 0.25) is 5.91 Å². The van der Waals surface area contributed by atoms with Gasteiger partial charge in [0.05, 0.1) is 12.0 Å². The number of carbonyl (C=O) groups excluding carboxylic acids is 1. The molecule has 0 spiro atoms. The minimum absolute atomic E-state index is 0.0763. The highest BCUT2D eigenvalue weighted by Crippen LogP contribution is 2.25. The fraction of sp³-hybridized carbons (Fsp3) is 0.350. The summed E-state index contributed by atoms with van der Waals surface area (Å²) in [5, 5.41) is 12.3. The highest BCUT2D eigenvalue weighted by Gasteiger charge is 2.29. The number of aromatic hydroxyl groups is 1. The number of benzene rings is 2. The van der Waals surface area contributed by atoms with Crippen molar-refractivity contribution in [3.8, 4) is 11.5 Å². The van der Waals surface area contributed by atoms with E-state index in [4.69, 9.17) is 4.74 Å². The maximum Gasteiger partial charge on any atom is 0.230 e. The van der Waals surface area contributed by atoms with Gasteiger partial charge >= 0.3 is 0 Å². The molecule has 2 aromatic rings. The molecule has 0 radical (unpaired) electrons. The van der Waals surface area contributed by atoms with Gasteiger partial charge in [0.25, 0.3) is 0 Å². The van der Waals surface area contributed by atoms with Gasteiger partial charge in [-0.1, -0.05) is 29.8 Å². The molecule has 1 amide bonds. The van der Waals surface area contributed by atoms with Crippen LogP contribution in [0.3, 0.4) is 0 Å². The summed E-state index contributed by atoms with van der Waals surface area (Å²) in [6.07, 6.45) is -0.132. The molecule has 2 N–H and O–H groups in total. The molecule has 0 saturated heterocycles. The summed E-state index contributed by atoms with van der Waals surface area (Å²) in [4.78, 5) is 12.5. The monoisotopic (exact) mass is 327 g/mol. The Kier molecular flexibility index (Phi) is 5.50. The summed E-state index contributed by atoms with van der Waals surface area (Å²) in [7, 11) is 0. The van der Waals surface area contributed by atoms with Crippen molar-refractivity contribution >= 4 is 5.91 Å². The number of hydrogen-bond acceptors (Lipinski definition) is 3. The molecule has 0 fully saturated rings. The highest BCUT2D eigenvalue weighted by molar-refractivity contribution is 5.87. The molecule has 0 bridgehead atoms. The van der Waals surface area contributed by atoms with Crippen molar-refractivity contribution in [1.82, 2.24) is 5.32 Å². The molecule has 0 aliphatic rings. The molecule has 4 heteroatoms. The normalized spacial score (nSPS) is 12.5. The number of phenolic OH excluding ortho intramolecular Hbond substituents is 1. The second kappa shape index (κ2) is 7.39. The smallest absolute Gasteiger partial charge is 0.230 e. The number of nitrogens with one attached hydrogen (secondary N) is 1. The summed E-state index contributed by atoms with van der Waals surface area (Å²) in [6.45, 7) is 8.10. The van der Waals surface area contributed by atoms with Crippen LogP contribution in [0.15, 0.2) is 48.5 Å². The van der Waals surface area contributed by atoms with E-state index in [9.17, 15) is 9.90 Å². The van der Waals surface area contributed by atoms with Gasteiger partial charge in [-0.25, -0.2) is 0 Å². The molecule has 0 saturated carbocycles. The van der Waals surface area contributed by atoms with Gasteiger partial charge in [0.15, 0.2) is 0 Å². The largest absolute Gasteiger partial charge is 0.508 e. The summed E-state index contributed by atoms with van der Waals surface area (Å²) in [6, 6.07) is 14.6. The zero-order chi connectivity index (χ0) is 17.7. The van der Waals surface area contributed by atoms with Gasteiger partial charge < -0.3 is 15.2 Å². The van der Waals surface area contributed by atoms with Crippen LogP contribution < -0.4 is 10.1 Å². The number of rotatable bonds is 6. The van der Waals surface area contributed by atoms with Crippen molar-refractivity contribution < 1.29 is 14.6 Å². The van der Waals surface area contributed by atoms with E-state index in [-0.39, 0.29) is 17.8 Å². The lowest BCUT2D eigenvalue weighted by Gasteiger charge is -2.25. The average Bonchev–Trinajstić information content (AvgIpc) is 2.55. The first-order valence-electron chi connectivity index (χ1n) is 8.10. The summed E-state index contributed by atoms with van der Waals surface area (Å²) in [5.74, 6) is 0.905. The first kappa shape index (κ1) is 17.9. The molecule has 0 aromatic heterocycles. The lowest BCUT2D eigenvalue weighted by molar-refractivity contribution is -0.126. The van der Waals surface area contributed by atoms with Crippen LogP contribution in [-0.4, -0.2) is 23.7 Å². The van der Waals surface area contributed by atoms with E-state index in [1.165, 1.54) is 5.56 Å². The van der Waals surface area contributed by atoms with Gasteiger partial charge in [-0.05, 0) is 57.5 Å². The maximum absolute atomic E-state index is 12.5. The third kappa shape index (κ3) is 4.51. The highest BCUT2D eigenvalue weighted by atomic mass is 16.5. The number of ether oxygens (including phenoxy) is 1. The van der Waals surface area contributed by atoms with E-state index in [0.29, 0.717) is 6.54 Å². The minimum atomic E-state index is -0.683. The molecule has 128 valence electrons. The molecule has 0 unspecified atom stereocenters. The van der Waals surface area contributed by atoms with Crippen LogP contribution in [0.5, 0.6) is 11.5 Å². The second-order valence-corrected chi connectivity index (χ2v) is 6.62. The van der Waals surface area contributed by atoms with E-state index in [1.54, 1.807) is 24.3 Å². The zero-order valence-corrected chi connectivity index (χ0v) is 14.7. The number of aryl methyl sites for hydroxylation is 1. The number of amides is 1. The Morgan fingerprint density at radius 3 is 2.29 bits per heavy atom. The molecule has 24 heavy (non-hydrogen) atoms. The third-order valence-electron chi connectivity index (χ3n) is 4.06. The van der Waals surface area contributed by atoms with Crippen LogP contribution in [0.4, 0.5) is 0 Å². The average molecular weight is 327 g/mol. The van der Waals surface area contributed by atoms with Crippen LogP contribution in [0, 0.1) is 6.92 Å². The summed E-state index contributed by atoms with van der Waals surface area (Å²) < 4.78 is 5.81. The Morgan fingerprint density at radius 1 is 1.12 bits per heavy atom. The molecule has 1 atom stereocenters. The topological polar surface area (TPSA) is 58.6 Å². The van der Waals surface area contributed by atoms with E-state index >= 15 is 0 Å². The minimum Gasteiger partial charge on any atom is -0.508 e. The first-order valence-corrected chi connectivity index (χ1v) is 8.10. The van der Waals surface area contributed by atoms with Crippen molar-refractivity contribution in [2.45, 2.75) is 39.2 Å². The Bertz CT molecular complexity index is 675. The lowest BCUT2D eigenvalue weighted by atomic mass is 9.83. The Labute approximate surface area is 143 Å². The number of carbonyl (C=O) groups is 1. The predicted octanol–water partition coefficient (Wildman–Crippen LogP) is 3.56. The molecular weight excluding hydrogens is 302 g/mol. The van der Waals surface area contributed by atoms with Gasteiger partial charge in [0.1, 0.15) is 17.6 Å². The van der Waals surface area contributed by atoms with E-state index < -0.39 is 5.41 Å². The first-order chi connectivity index (χ1) is 11.3. The van der Waals surface area contributed by atoms with Crippen LogP contribution in [-0.2, 0) is 10.2 Å². The quantitative estimate of drug-likeness (QED) is 0.853. The maximum atomic E-state index is 12.5. The second-order valence-electron chi connectivity index (χ2n) is 6.62. The van der Waals surface area contributed by atoms with E-state index in [2.05, 4.69) is 5.32 Å². The van der Waals surface area contributed by atoms with Crippen molar-refractivity contribution in [3.63, 3.8) is 0 Å². The van der Waals surface area contributed by atoms with Gasteiger partial charge in [-0.3, -0.25) is 4.79 Å². The SMILES string of the molecule is Cc1ccc(O[C@H](C)CNC(=O)C(C)(C)c2ccc(O)cc2)cc1. The van der Waals surface area contributed by atoms with Crippen LogP contribution in [0.1, 0.15) is 31.9 Å². The molecule has 0 heterocycles. The third-order valence-corrected chi connectivity index (χ3v) is 4.06. The Balaban J connectivity index is 1.91. The summed E-state index contributed by atoms with van der Waals surface area (Å²) >= 11 is 0. The Hall–Kier alpha value is -2.49. The van der Waals surface area contributed by atoms with Crippen LogP contribution in [0.2, 0.25) is 0 Å². The van der Waals surface area contributed by atoms with E-state index in [0.717, 1.165) is 11.3 Å². The van der Waals surface area contributed by atoms with Crippen LogP contribution >= 0.6 is 0 Å². The standard InChI is InChI=1S/C20H25NO3/c1-14-5-11-18(12-6-14)24-15(2)13-21-19(23)20(3,4)16-7-9-17(22)10-8-16/h5-12,15,22H,13H2,1-4H3,(H,21,23)/t15-/m1/s1. The molecular formula is C20H25NO3. The summed E-state index contributed by atoms with van der Waals surface area (Å²) in [5.41, 5.74) is 1.35. The van der Waals surface area contributed by atoms with Crippen molar-refractivity contribution in [3.05, 3.63) is 59.7 Å². The number of hydrogen-bond donors (Lipinski definition) is 2. The predicted molar refractivity (Wildman–Crippen MR) is 95.4 cm³/mol. The molecule has 0 aliphatic heterocycles. The lowest BCUT2D eigenvalue weighted by Crippen LogP contribution is -2.43. The molecule has 0 aliphatic carbocycles. The van der Waals surface area contributed by atoms with Crippen molar-refractivity contribution in [1.29, 1.82) is 0 Å². The Morgan fingerprint density at radius 2 is 1.71 bits per heavy atom. The molecule has 2 aromatic carbocycles. The molecule has 2 rings (SSSR count). The van der Waals surface area contributed by atoms with Gasteiger partial charge in [-0.15, -0.1) is 0 Å². The fourth-order valence-corrected chi connectivity index (χ4v) is 2.36. The van der Waals surface area contributed by atoms with Crippen LogP contribution in [0.25, 0.3) is 0 Å². The van der Waals surface area contributed by atoms with Crippen molar-refractivity contribution in [2.24, 2.45) is 0 Å². The zero-order valence-electron chi connectivity index (χ0n) is 14.7. The van der Waals surface area contributed by atoms with E-state index in [1.807, 2.05) is 52.0 Å². The van der Waals surface area contributed by atoms with Gasteiger partial charge in [0, 0.05) is 0 Å². The number of phenols is 1. The van der Waals surface area contributed by atoms with Crippen molar-refractivity contribution in [2.75, 3.05) is 6.54 Å². The fourth-order valence-electron chi connectivity index (χ4n) is 2.36.